The molecule has 0 fully saturated rings. The minimum atomic E-state index is -0.555. The summed E-state index contributed by atoms with van der Waals surface area (Å²) in [7, 11) is 1.55. The number of carbonyl (C=O) groups is 3. The predicted octanol–water partition coefficient (Wildman–Crippen LogP) is 3.91. The number of nitrogens with zero attached hydrogens (tertiary/aromatic N) is 1. The minimum Gasteiger partial charge on any atom is -0.497 e. The fourth-order valence-corrected chi connectivity index (χ4v) is 3.58. The number of methoxy groups -OCH3 is 1. The Labute approximate surface area is 191 Å². The molecule has 0 bridgehead atoms. The summed E-state index contributed by atoms with van der Waals surface area (Å²) in [6.45, 7) is 3.89. The summed E-state index contributed by atoms with van der Waals surface area (Å²) < 4.78 is 12.0. The van der Waals surface area contributed by atoms with Crippen LogP contribution >= 0.6 is 11.6 Å². The molecule has 0 radical (unpaired) electrons. The van der Waals surface area contributed by atoms with Gasteiger partial charge in [0.2, 0.25) is 0 Å². The number of nitrogens with one attached hydrogen (secondary N) is 1. The zero-order chi connectivity index (χ0) is 23.3. The van der Waals surface area contributed by atoms with Crippen LogP contribution in [0, 0.1) is 6.92 Å². The summed E-state index contributed by atoms with van der Waals surface area (Å²) in [5, 5.41) is 3.90. The molecule has 7 nitrogen and oxygen atoms in total. The lowest BCUT2D eigenvalue weighted by atomic mass is 10.1. The third-order valence-corrected chi connectivity index (χ3v) is 5.35. The van der Waals surface area contributed by atoms with Gasteiger partial charge < -0.3 is 14.8 Å². The fraction of sp³-hybridized carbons (Fsp3) is 0.292. The van der Waals surface area contributed by atoms with Crippen LogP contribution in [0.4, 0.5) is 0 Å². The Morgan fingerprint density at radius 2 is 1.81 bits per heavy atom. The minimum absolute atomic E-state index is 0.0859. The molecule has 0 unspecified atom stereocenters. The number of hydrogen-bond acceptors (Lipinski definition) is 5. The van der Waals surface area contributed by atoms with E-state index < -0.39 is 5.97 Å². The van der Waals surface area contributed by atoms with Crippen molar-refractivity contribution in [3.05, 3.63) is 64.3 Å². The lowest BCUT2D eigenvalue weighted by Gasteiger charge is -2.08. The second-order valence-corrected chi connectivity index (χ2v) is 7.72. The highest BCUT2D eigenvalue weighted by molar-refractivity contribution is 6.30. The molecule has 1 aromatic heterocycles. The second-order valence-electron chi connectivity index (χ2n) is 7.28. The van der Waals surface area contributed by atoms with Crippen LogP contribution in [0.5, 0.6) is 5.75 Å². The van der Waals surface area contributed by atoms with E-state index in [1.165, 1.54) is 0 Å². The van der Waals surface area contributed by atoms with Crippen LogP contribution in [-0.2, 0) is 20.7 Å². The number of rotatable bonds is 8. The second kappa shape index (κ2) is 10.3. The number of halogens is 1. The Morgan fingerprint density at radius 3 is 2.47 bits per heavy atom. The smallest absolute Gasteiger partial charge is 0.310 e. The molecule has 0 aliphatic heterocycles. The van der Waals surface area contributed by atoms with Gasteiger partial charge in [0.15, 0.2) is 6.61 Å². The zero-order valence-corrected chi connectivity index (χ0v) is 19.0. The normalized spacial score (nSPS) is 10.8. The van der Waals surface area contributed by atoms with E-state index in [2.05, 4.69) is 5.32 Å². The van der Waals surface area contributed by atoms with Crippen molar-refractivity contribution in [2.45, 2.75) is 26.7 Å². The summed E-state index contributed by atoms with van der Waals surface area (Å²) >= 11 is 5.95. The standard InChI is InChI=1S/C24H25ClN2O5/c1-4-11-26-22(28)14-32-23(29)13-19-15(2)27(21-10-9-18(31-3)12-20(19)21)24(30)16-5-7-17(25)8-6-16/h5-10,12H,4,11,13-14H2,1-3H3,(H,26,28). The van der Waals surface area contributed by atoms with Crippen molar-refractivity contribution in [2.75, 3.05) is 20.3 Å². The zero-order valence-electron chi connectivity index (χ0n) is 18.2. The van der Waals surface area contributed by atoms with E-state index in [4.69, 9.17) is 21.1 Å². The molecular formula is C24H25ClN2O5. The predicted molar refractivity (Wildman–Crippen MR) is 122 cm³/mol. The van der Waals surface area contributed by atoms with Crippen molar-refractivity contribution in [2.24, 2.45) is 0 Å². The van der Waals surface area contributed by atoms with Gasteiger partial charge in [-0.05, 0) is 61.4 Å². The first kappa shape index (κ1) is 23.3. The third-order valence-electron chi connectivity index (χ3n) is 5.09. The highest BCUT2D eigenvalue weighted by atomic mass is 35.5. The molecule has 3 rings (SSSR count). The summed E-state index contributed by atoms with van der Waals surface area (Å²) in [4.78, 5) is 37.5. The Morgan fingerprint density at radius 1 is 1.09 bits per heavy atom. The first-order valence-electron chi connectivity index (χ1n) is 10.3. The lowest BCUT2D eigenvalue weighted by molar-refractivity contribution is -0.147. The maximum Gasteiger partial charge on any atom is 0.310 e. The monoisotopic (exact) mass is 456 g/mol. The Bertz CT molecular complexity index is 1150. The average molecular weight is 457 g/mol. The van der Waals surface area contributed by atoms with Gasteiger partial charge in [-0.15, -0.1) is 0 Å². The quantitative estimate of drug-likeness (QED) is 0.519. The van der Waals surface area contributed by atoms with Gasteiger partial charge in [0.05, 0.1) is 19.0 Å². The van der Waals surface area contributed by atoms with Crippen LogP contribution in [0.2, 0.25) is 5.02 Å². The van der Waals surface area contributed by atoms with Crippen LogP contribution < -0.4 is 10.1 Å². The van der Waals surface area contributed by atoms with Crippen molar-refractivity contribution in [1.29, 1.82) is 0 Å². The number of benzene rings is 2. The molecule has 1 N–H and O–H groups in total. The van der Waals surface area contributed by atoms with Gasteiger partial charge in [0.1, 0.15) is 5.75 Å². The van der Waals surface area contributed by atoms with Gasteiger partial charge >= 0.3 is 5.97 Å². The lowest BCUT2D eigenvalue weighted by Crippen LogP contribution is -2.29. The number of amides is 1. The van der Waals surface area contributed by atoms with Gasteiger partial charge in [-0.3, -0.25) is 19.0 Å². The molecular weight excluding hydrogens is 432 g/mol. The first-order valence-corrected chi connectivity index (χ1v) is 10.6. The number of esters is 1. The maximum absolute atomic E-state index is 13.3. The van der Waals surface area contributed by atoms with E-state index in [-0.39, 0.29) is 24.8 Å². The Kier molecular flexibility index (Phi) is 7.53. The third kappa shape index (κ3) is 5.11. The molecule has 3 aromatic rings. The van der Waals surface area contributed by atoms with Crippen molar-refractivity contribution in [3.8, 4) is 5.75 Å². The Balaban J connectivity index is 1.94. The van der Waals surface area contributed by atoms with Crippen LogP contribution in [-0.4, -0.2) is 42.6 Å². The van der Waals surface area contributed by atoms with Crippen LogP contribution in [0.15, 0.2) is 42.5 Å². The summed E-state index contributed by atoms with van der Waals surface area (Å²) in [5.74, 6) is -0.547. The van der Waals surface area contributed by atoms with Crippen molar-refractivity contribution >= 4 is 40.3 Å². The maximum atomic E-state index is 13.3. The van der Waals surface area contributed by atoms with E-state index in [1.807, 2.05) is 6.92 Å². The van der Waals surface area contributed by atoms with Gasteiger partial charge in [-0.1, -0.05) is 18.5 Å². The molecule has 32 heavy (non-hydrogen) atoms. The number of hydrogen-bond donors (Lipinski definition) is 1. The highest BCUT2D eigenvalue weighted by Crippen LogP contribution is 2.31. The summed E-state index contributed by atoms with van der Waals surface area (Å²) in [6, 6.07) is 11.9. The average Bonchev–Trinajstić information content (AvgIpc) is 3.06. The van der Waals surface area contributed by atoms with Gasteiger partial charge in [-0.2, -0.15) is 0 Å². The molecule has 0 saturated heterocycles. The van der Waals surface area contributed by atoms with Crippen molar-refractivity contribution in [3.63, 3.8) is 0 Å². The fourth-order valence-electron chi connectivity index (χ4n) is 3.45. The number of ether oxygens (including phenoxy) is 2. The molecule has 0 spiro atoms. The van der Waals surface area contributed by atoms with Gasteiger partial charge in [0, 0.05) is 28.2 Å². The molecule has 168 valence electrons. The SMILES string of the molecule is CCCNC(=O)COC(=O)Cc1c(C)n(C(=O)c2ccc(Cl)cc2)c2ccc(OC)cc12. The number of fused-ring (bicyclic) bond motifs is 1. The molecule has 1 amide bonds. The van der Waals surface area contributed by atoms with E-state index in [9.17, 15) is 14.4 Å². The van der Waals surface area contributed by atoms with Gasteiger partial charge in [0.25, 0.3) is 11.8 Å². The topological polar surface area (TPSA) is 86.6 Å². The van der Waals surface area contributed by atoms with E-state index in [1.54, 1.807) is 61.1 Å². The van der Waals surface area contributed by atoms with E-state index >= 15 is 0 Å². The summed E-state index contributed by atoms with van der Waals surface area (Å²) in [6.07, 6.45) is 0.708. The largest absolute Gasteiger partial charge is 0.497 e. The van der Waals surface area contributed by atoms with Crippen LogP contribution in [0.1, 0.15) is 35.0 Å². The molecule has 8 heteroatoms. The van der Waals surface area contributed by atoms with Crippen molar-refractivity contribution in [1.82, 2.24) is 9.88 Å². The molecule has 0 aliphatic carbocycles. The van der Waals surface area contributed by atoms with Crippen LogP contribution in [0.3, 0.4) is 0 Å². The first-order chi connectivity index (χ1) is 15.3. The Hall–Kier alpha value is -3.32. The number of aromatic nitrogens is 1. The molecule has 2 aromatic carbocycles. The van der Waals surface area contributed by atoms with Gasteiger partial charge in [-0.25, -0.2) is 0 Å². The highest BCUT2D eigenvalue weighted by Gasteiger charge is 2.22. The van der Waals surface area contributed by atoms with Crippen molar-refractivity contribution < 1.29 is 23.9 Å². The summed E-state index contributed by atoms with van der Waals surface area (Å²) in [5.41, 5.74) is 2.36. The van der Waals surface area contributed by atoms with E-state index in [0.29, 0.717) is 45.0 Å². The molecule has 0 atom stereocenters. The molecule has 0 saturated carbocycles. The number of carbonyl (C=O) groups excluding carboxylic acids is 3. The molecule has 1 heterocycles. The van der Waals surface area contributed by atoms with E-state index in [0.717, 1.165) is 6.42 Å². The molecule has 0 aliphatic rings. The van der Waals surface area contributed by atoms with Crippen LogP contribution in [0.25, 0.3) is 10.9 Å².